The number of rotatable bonds is 12. The molecule has 1 saturated carbocycles. The lowest BCUT2D eigenvalue weighted by atomic mass is 9.89. The summed E-state index contributed by atoms with van der Waals surface area (Å²) in [5.41, 5.74) is 4.01. The van der Waals surface area contributed by atoms with Gasteiger partial charge in [0.2, 0.25) is 5.88 Å². The van der Waals surface area contributed by atoms with Gasteiger partial charge >= 0.3 is 5.97 Å². The van der Waals surface area contributed by atoms with E-state index in [4.69, 9.17) is 9.47 Å². The molecule has 1 atom stereocenters. The molecule has 0 amide bonds. The highest BCUT2D eigenvalue weighted by Gasteiger charge is 2.34. The Morgan fingerprint density at radius 3 is 2.57 bits per heavy atom. The van der Waals surface area contributed by atoms with E-state index < -0.39 is 5.97 Å². The number of anilines is 1. The van der Waals surface area contributed by atoms with Crippen LogP contribution >= 0.6 is 0 Å². The van der Waals surface area contributed by atoms with Crippen LogP contribution in [0.4, 0.5) is 5.69 Å². The first-order valence-corrected chi connectivity index (χ1v) is 13.9. The Kier molecular flexibility index (Phi) is 8.99. The lowest BCUT2D eigenvalue weighted by Crippen LogP contribution is -2.36. The number of carbonyl (C=O) groups is 1. The van der Waals surface area contributed by atoms with E-state index in [9.17, 15) is 9.90 Å². The summed E-state index contributed by atoms with van der Waals surface area (Å²) in [5, 5.41) is 9.34. The van der Waals surface area contributed by atoms with E-state index in [1.165, 1.54) is 17.7 Å². The molecule has 2 heterocycles. The molecule has 0 spiro atoms. The Morgan fingerprint density at radius 1 is 1.16 bits per heavy atom. The molecule has 1 saturated heterocycles. The third-order valence-corrected chi connectivity index (χ3v) is 7.83. The largest absolute Gasteiger partial charge is 0.493 e. The second-order valence-corrected chi connectivity index (χ2v) is 12.1. The van der Waals surface area contributed by atoms with E-state index in [1.807, 2.05) is 18.3 Å². The van der Waals surface area contributed by atoms with E-state index in [0.29, 0.717) is 29.7 Å². The molecule has 0 bridgehead atoms. The molecule has 2 aliphatic rings. The lowest BCUT2D eigenvalue weighted by Gasteiger charge is -2.35. The standard InChI is InChI=1S/C31H44N2O4/c1-31(2,3)14-6-8-25-20-32-29(36-4)19-28(25)33-15-12-22(13-16-33)21-37-26-9-5-7-24(17-26)27(18-30(34)35)23-10-11-23/h5,7,9,17,19-20,22-23,27H,6,8,10-16,18,21H2,1-4H3,(H,34,35). The van der Waals surface area contributed by atoms with Crippen molar-refractivity contribution in [2.45, 2.75) is 78.1 Å². The molecular weight excluding hydrogens is 464 g/mol. The van der Waals surface area contributed by atoms with Gasteiger partial charge in [0.1, 0.15) is 5.75 Å². The molecule has 2 aromatic rings. The highest BCUT2D eigenvalue weighted by Crippen LogP contribution is 2.45. The minimum absolute atomic E-state index is 0.0965. The number of benzene rings is 1. The average Bonchev–Trinajstić information content (AvgIpc) is 3.71. The topological polar surface area (TPSA) is 71.9 Å². The number of methoxy groups -OCH3 is 1. The van der Waals surface area contributed by atoms with Gasteiger partial charge in [-0.2, -0.15) is 0 Å². The molecule has 0 radical (unpaired) electrons. The quantitative estimate of drug-likeness (QED) is 0.343. The zero-order valence-electron chi connectivity index (χ0n) is 23.0. The van der Waals surface area contributed by atoms with Gasteiger partial charge in [-0.25, -0.2) is 4.98 Å². The molecule has 1 aliphatic heterocycles. The van der Waals surface area contributed by atoms with Crippen molar-refractivity contribution >= 4 is 11.7 Å². The number of pyridine rings is 1. The summed E-state index contributed by atoms with van der Waals surface area (Å²) in [6.07, 6.45) is 9.99. The Labute approximate surface area is 222 Å². The number of hydrogen-bond acceptors (Lipinski definition) is 5. The zero-order valence-corrected chi connectivity index (χ0v) is 23.0. The monoisotopic (exact) mass is 508 g/mol. The van der Waals surface area contributed by atoms with E-state index in [-0.39, 0.29) is 12.3 Å². The van der Waals surface area contributed by atoms with Gasteiger partial charge < -0.3 is 19.5 Å². The summed E-state index contributed by atoms with van der Waals surface area (Å²) in [4.78, 5) is 18.3. The van der Waals surface area contributed by atoms with Crippen molar-refractivity contribution in [3.05, 3.63) is 47.7 Å². The molecule has 202 valence electrons. The van der Waals surface area contributed by atoms with Crippen molar-refractivity contribution in [1.29, 1.82) is 0 Å². The molecule has 37 heavy (non-hydrogen) atoms. The molecular formula is C31H44N2O4. The number of carboxylic acid groups (broad SMARTS) is 1. The highest BCUT2D eigenvalue weighted by molar-refractivity contribution is 5.68. The predicted molar refractivity (Wildman–Crippen MR) is 148 cm³/mol. The van der Waals surface area contributed by atoms with Crippen molar-refractivity contribution in [3.63, 3.8) is 0 Å². The Bertz CT molecular complexity index is 1040. The van der Waals surface area contributed by atoms with Gasteiger partial charge in [-0.1, -0.05) is 32.9 Å². The number of aromatic nitrogens is 1. The SMILES string of the molecule is COc1cc(N2CCC(COc3cccc(C(CC(=O)O)C4CC4)c3)CC2)c(CCCC(C)(C)C)cn1. The third kappa shape index (κ3) is 8.11. The number of aliphatic carboxylic acids is 1. The molecule has 2 fully saturated rings. The molecule has 1 aliphatic carbocycles. The highest BCUT2D eigenvalue weighted by atomic mass is 16.5. The summed E-state index contributed by atoms with van der Waals surface area (Å²) >= 11 is 0. The Hall–Kier alpha value is -2.76. The first-order chi connectivity index (χ1) is 17.7. The Balaban J connectivity index is 1.32. The van der Waals surface area contributed by atoms with E-state index in [2.05, 4.69) is 48.9 Å². The summed E-state index contributed by atoms with van der Waals surface area (Å²) in [6, 6.07) is 10.2. The Morgan fingerprint density at radius 2 is 1.92 bits per heavy atom. The van der Waals surface area contributed by atoms with Crippen molar-refractivity contribution in [1.82, 2.24) is 4.98 Å². The van der Waals surface area contributed by atoms with Crippen LogP contribution in [0.25, 0.3) is 0 Å². The van der Waals surface area contributed by atoms with E-state index in [1.54, 1.807) is 7.11 Å². The lowest BCUT2D eigenvalue weighted by molar-refractivity contribution is -0.137. The fourth-order valence-electron chi connectivity index (χ4n) is 5.50. The minimum Gasteiger partial charge on any atom is -0.493 e. The fraction of sp³-hybridized carbons (Fsp3) is 0.613. The number of piperidine rings is 1. The van der Waals surface area contributed by atoms with E-state index in [0.717, 1.165) is 62.9 Å². The summed E-state index contributed by atoms with van der Waals surface area (Å²) in [5.74, 6) is 1.91. The maximum absolute atomic E-state index is 11.4. The van der Waals surface area contributed by atoms with Crippen molar-refractivity contribution in [2.24, 2.45) is 17.3 Å². The number of carboxylic acids is 1. The van der Waals surface area contributed by atoms with Crippen molar-refractivity contribution < 1.29 is 19.4 Å². The molecule has 1 aromatic carbocycles. The van der Waals surface area contributed by atoms with Crippen molar-refractivity contribution in [2.75, 3.05) is 31.7 Å². The normalized spacial score (nSPS) is 17.5. The fourth-order valence-corrected chi connectivity index (χ4v) is 5.50. The van der Waals surface area contributed by atoms with Gasteiger partial charge in [0, 0.05) is 31.0 Å². The van der Waals surface area contributed by atoms with Crippen LogP contribution in [-0.4, -0.2) is 42.9 Å². The minimum atomic E-state index is -0.723. The van der Waals surface area contributed by atoms with Crippen LogP contribution in [-0.2, 0) is 11.2 Å². The van der Waals surface area contributed by atoms with Gasteiger partial charge in [-0.05, 0) is 91.4 Å². The van der Waals surface area contributed by atoms with E-state index >= 15 is 0 Å². The second kappa shape index (κ2) is 12.2. The van der Waals surface area contributed by atoms with Crippen LogP contribution in [0.1, 0.15) is 82.8 Å². The molecule has 4 rings (SSSR count). The van der Waals surface area contributed by atoms with Crippen LogP contribution in [0.3, 0.4) is 0 Å². The number of hydrogen-bond donors (Lipinski definition) is 1. The summed E-state index contributed by atoms with van der Waals surface area (Å²) in [7, 11) is 1.68. The smallest absolute Gasteiger partial charge is 0.303 e. The third-order valence-electron chi connectivity index (χ3n) is 7.83. The van der Waals surface area contributed by atoms with Crippen LogP contribution < -0.4 is 14.4 Å². The molecule has 1 unspecified atom stereocenters. The van der Waals surface area contributed by atoms with Crippen LogP contribution in [0.2, 0.25) is 0 Å². The van der Waals surface area contributed by atoms with Gasteiger partial charge in [0.15, 0.2) is 0 Å². The number of ether oxygens (including phenoxy) is 2. The van der Waals surface area contributed by atoms with Crippen molar-refractivity contribution in [3.8, 4) is 11.6 Å². The van der Waals surface area contributed by atoms with Crippen LogP contribution in [0.5, 0.6) is 11.6 Å². The summed E-state index contributed by atoms with van der Waals surface area (Å²) in [6.45, 7) is 9.58. The first kappa shape index (κ1) is 27.3. The van der Waals surface area contributed by atoms with Gasteiger partial charge in [0.25, 0.3) is 0 Å². The second-order valence-electron chi connectivity index (χ2n) is 12.1. The molecule has 1 aromatic heterocycles. The molecule has 6 nitrogen and oxygen atoms in total. The van der Waals surface area contributed by atoms with Gasteiger partial charge in [0.05, 0.1) is 20.1 Å². The van der Waals surface area contributed by atoms with Crippen LogP contribution in [0.15, 0.2) is 36.5 Å². The molecule has 6 heteroatoms. The maximum Gasteiger partial charge on any atom is 0.303 e. The average molecular weight is 509 g/mol. The predicted octanol–water partition coefficient (Wildman–Crippen LogP) is 6.72. The number of aryl methyl sites for hydroxylation is 1. The van der Waals surface area contributed by atoms with Gasteiger partial charge in [-0.15, -0.1) is 0 Å². The first-order valence-electron chi connectivity index (χ1n) is 13.9. The zero-order chi connectivity index (χ0) is 26.4. The van der Waals surface area contributed by atoms with Gasteiger partial charge in [-0.3, -0.25) is 4.79 Å². The maximum atomic E-state index is 11.4. The summed E-state index contributed by atoms with van der Waals surface area (Å²) < 4.78 is 11.7. The van der Waals surface area contributed by atoms with Crippen LogP contribution in [0, 0.1) is 17.3 Å². The molecule has 1 N–H and O–H groups in total. The number of nitrogens with zero attached hydrogens (tertiary/aromatic N) is 2.